The van der Waals surface area contributed by atoms with E-state index in [1.807, 2.05) is 6.07 Å². The topological polar surface area (TPSA) is 61.8 Å². The molecule has 1 unspecified atom stereocenters. The average Bonchev–Trinajstić information content (AvgIpc) is 3.03. The molecule has 2 N–H and O–H groups in total. The maximum Gasteiger partial charge on any atom is 0.407 e. The van der Waals surface area contributed by atoms with Crippen molar-refractivity contribution < 1.29 is 14.6 Å². The first-order valence-electron chi connectivity index (χ1n) is 8.37. The van der Waals surface area contributed by atoms with E-state index in [1.165, 1.54) is 4.88 Å². The number of carbonyl (C=O) groups is 1. The lowest BCUT2D eigenvalue weighted by molar-refractivity contribution is 0.0443. The van der Waals surface area contributed by atoms with Crippen LogP contribution in [-0.2, 0) is 11.3 Å². The van der Waals surface area contributed by atoms with Gasteiger partial charge in [0.1, 0.15) is 11.2 Å². The molecule has 130 valence electrons. The second kappa shape index (κ2) is 6.75. The van der Waals surface area contributed by atoms with Crippen LogP contribution in [0.1, 0.15) is 42.9 Å². The van der Waals surface area contributed by atoms with Crippen molar-refractivity contribution in [3.8, 4) is 11.8 Å². The number of nitrogens with one attached hydrogen (secondary N) is 1. The quantitative estimate of drug-likeness (QED) is 0.806. The number of nitrogens with zero attached hydrogens (tertiary/aromatic N) is 1. The van der Waals surface area contributed by atoms with Crippen LogP contribution in [0.2, 0.25) is 0 Å². The fourth-order valence-electron chi connectivity index (χ4n) is 3.13. The number of carbonyl (C=O) groups excluding carboxylic acids is 1. The molecule has 0 aliphatic carbocycles. The van der Waals surface area contributed by atoms with Gasteiger partial charge in [-0.15, -0.1) is 11.3 Å². The summed E-state index contributed by atoms with van der Waals surface area (Å²) in [6.45, 7) is 6.85. The van der Waals surface area contributed by atoms with Gasteiger partial charge in [-0.2, -0.15) is 0 Å². The summed E-state index contributed by atoms with van der Waals surface area (Å²) in [7, 11) is 0. The van der Waals surface area contributed by atoms with E-state index >= 15 is 0 Å². The largest absolute Gasteiger partial charge is 0.441 e. The summed E-state index contributed by atoms with van der Waals surface area (Å²) in [4.78, 5) is 16.0. The fraction of sp³-hybridized carbons (Fsp3) is 0.611. The lowest BCUT2D eigenvalue weighted by atomic mass is 9.95. The molecule has 2 saturated heterocycles. The number of ether oxygens (including phenoxy) is 1. The van der Waals surface area contributed by atoms with Crippen LogP contribution < -0.4 is 5.32 Å². The van der Waals surface area contributed by atoms with Crippen molar-refractivity contribution in [1.82, 2.24) is 10.2 Å². The highest BCUT2D eigenvalue weighted by Gasteiger charge is 2.41. The number of alkyl carbamates (subject to hydrolysis) is 1. The lowest BCUT2D eigenvalue weighted by Gasteiger charge is -2.24. The zero-order valence-electron chi connectivity index (χ0n) is 14.2. The van der Waals surface area contributed by atoms with Crippen LogP contribution in [0.4, 0.5) is 4.79 Å². The molecule has 2 fully saturated rings. The summed E-state index contributed by atoms with van der Waals surface area (Å²) in [5.41, 5.74) is -1.26. The predicted molar refractivity (Wildman–Crippen MR) is 93.8 cm³/mol. The Kier molecular flexibility index (Phi) is 4.86. The summed E-state index contributed by atoms with van der Waals surface area (Å²) < 4.78 is 5.52. The molecule has 0 bridgehead atoms. The first kappa shape index (κ1) is 17.3. The van der Waals surface area contributed by atoms with E-state index < -0.39 is 5.60 Å². The summed E-state index contributed by atoms with van der Waals surface area (Å²) >= 11 is 1.67. The van der Waals surface area contributed by atoms with E-state index in [0.29, 0.717) is 6.54 Å². The van der Waals surface area contributed by atoms with Gasteiger partial charge in [-0.25, -0.2) is 4.79 Å². The van der Waals surface area contributed by atoms with Crippen LogP contribution in [0, 0.1) is 11.8 Å². The Balaban J connectivity index is 1.58. The molecule has 2 aliphatic heterocycles. The molecule has 0 saturated carbocycles. The van der Waals surface area contributed by atoms with Gasteiger partial charge in [-0.3, -0.25) is 4.90 Å². The Hall–Kier alpha value is -1.55. The molecule has 0 aromatic carbocycles. The molecular weight excluding hydrogens is 324 g/mol. The Labute approximate surface area is 147 Å². The standard InChI is InChI=1S/C18H24N2O3S/c1-17(2,22)8-6-14-4-5-15(24-14)12-20-10-3-7-18(9-11-20)13-19-16(21)23-18/h4-5,22H,3,7,9-13H2,1-2H3,(H,19,21). The van der Waals surface area contributed by atoms with Crippen LogP contribution in [0.25, 0.3) is 0 Å². The number of hydrogen-bond acceptors (Lipinski definition) is 5. The highest BCUT2D eigenvalue weighted by molar-refractivity contribution is 7.12. The van der Waals surface area contributed by atoms with E-state index in [-0.39, 0.29) is 11.7 Å². The molecule has 24 heavy (non-hydrogen) atoms. The zero-order chi connectivity index (χ0) is 17.2. The van der Waals surface area contributed by atoms with Crippen LogP contribution in [0.15, 0.2) is 12.1 Å². The van der Waals surface area contributed by atoms with Crippen LogP contribution in [-0.4, -0.2) is 46.9 Å². The van der Waals surface area contributed by atoms with Crippen molar-refractivity contribution in [3.05, 3.63) is 21.9 Å². The molecule has 3 rings (SSSR count). The second-order valence-electron chi connectivity index (χ2n) is 7.13. The van der Waals surface area contributed by atoms with Gasteiger partial charge in [0.05, 0.1) is 11.4 Å². The van der Waals surface area contributed by atoms with E-state index in [9.17, 15) is 9.90 Å². The molecule has 1 amide bonds. The van der Waals surface area contributed by atoms with Crippen molar-refractivity contribution in [2.75, 3.05) is 19.6 Å². The van der Waals surface area contributed by atoms with Gasteiger partial charge in [0, 0.05) is 24.4 Å². The monoisotopic (exact) mass is 348 g/mol. The van der Waals surface area contributed by atoms with Crippen molar-refractivity contribution >= 4 is 17.4 Å². The Bertz CT molecular complexity index is 668. The van der Waals surface area contributed by atoms with Crippen molar-refractivity contribution in [2.24, 2.45) is 0 Å². The molecule has 5 nitrogen and oxygen atoms in total. The van der Waals surface area contributed by atoms with Gasteiger partial charge < -0.3 is 15.2 Å². The number of hydrogen-bond donors (Lipinski definition) is 2. The first-order chi connectivity index (χ1) is 11.3. The van der Waals surface area contributed by atoms with Crippen LogP contribution in [0.5, 0.6) is 0 Å². The van der Waals surface area contributed by atoms with Gasteiger partial charge in [0.25, 0.3) is 0 Å². The molecule has 1 spiro atoms. The molecule has 1 aromatic heterocycles. The van der Waals surface area contributed by atoms with Gasteiger partial charge in [0.15, 0.2) is 0 Å². The molecule has 2 aliphatic rings. The van der Waals surface area contributed by atoms with Gasteiger partial charge in [-0.05, 0) is 45.4 Å². The Morgan fingerprint density at radius 3 is 2.96 bits per heavy atom. The third kappa shape index (κ3) is 4.50. The molecule has 1 atom stereocenters. The SMILES string of the molecule is CC(C)(O)C#Cc1ccc(CN2CCCC3(CC2)CNC(=O)O3)s1. The van der Waals surface area contributed by atoms with E-state index in [0.717, 1.165) is 43.8 Å². The number of likely N-dealkylation sites (tertiary alicyclic amines) is 1. The summed E-state index contributed by atoms with van der Waals surface area (Å²) in [5, 5.41) is 12.5. The zero-order valence-corrected chi connectivity index (χ0v) is 15.0. The highest BCUT2D eigenvalue weighted by Crippen LogP contribution is 2.30. The molecule has 6 heteroatoms. The third-order valence-corrected chi connectivity index (χ3v) is 5.37. The highest BCUT2D eigenvalue weighted by atomic mass is 32.1. The van der Waals surface area contributed by atoms with Crippen molar-refractivity contribution in [3.63, 3.8) is 0 Å². The molecular formula is C18H24N2O3S. The third-order valence-electron chi connectivity index (χ3n) is 4.39. The molecule has 0 radical (unpaired) electrons. The number of amides is 1. The normalized spacial score (nSPS) is 24.9. The molecule has 1 aromatic rings. The predicted octanol–water partition coefficient (Wildman–Crippen LogP) is 2.33. The van der Waals surface area contributed by atoms with Gasteiger partial charge in [0.2, 0.25) is 0 Å². The average molecular weight is 348 g/mol. The summed E-state index contributed by atoms with van der Waals surface area (Å²) in [6, 6.07) is 4.12. The number of aliphatic hydroxyl groups is 1. The van der Waals surface area contributed by atoms with Crippen molar-refractivity contribution in [1.29, 1.82) is 0 Å². The maximum atomic E-state index is 11.4. The minimum Gasteiger partial charge on any atom is -0.441 e. The van der Waals surface area contributed by atoms with Crippen LogP contribution in [0.3, 0.4) is 0 Å². The first-order valence-corrected chi connectivity index (χ1v) is 9.19. The Morgan fingerprint density at radius 1 is 1.42 bits per heavy atom. The van der Waals surface area contributed by atoms with Gasteiger partial charge in [-0.1, -0.05) is 11.8 Å². The van der Waals surface area contributed by atoms with E-state index in [2.05, 4.69) is 28.1 Å². The Morgan fingerprint density at radius 2 is 2.25 bits per heavy atom. The minimum atomic E-state index is -0.962. The minimum absolute atomic E-state index is 0.281. The summed E-state index contributed by atoms with van der Waals surface area (Å²) in [5.74, 6) is 5.88. The number of thiophene rings is 1. The summed E-state index contributed by atoms with van der Waals surface area (Å²) in [6.07, 6.45) is 2.56. The second-order valence-corrected chi connectivity index (χ2v) is 8.30. The fourth-order valence-corrected chi connectivity index (χ4v) is 4.03. The smallest absolute Gasteiger partial charge is 0.407 e. The van der Waals surface area contributed by atoms with Crippen LogP contribution >= 0.6 is 11.3 Å². The van der Waals surface area contributed by atoms with E-state index in [1.54, 1.807) is 25.2 Å². The van der Waals surface area contributed by atoms with Crippen molar-refractivity contribution in [2.45, 2.75) is 50.9 Å². The maximum absolute atomic E-state index is 11.4. The number of rotatable bonds is 2. The molecule has 3 heterocycles. The van der Waals surface area contributed by atoms with E-state index in [4.69, 9.17) is 4.74 Å². The lowest BCUT2D eigenvalue weighted by Crippen LogP contribution is -2.34. The van der Waals surface area contributed by atoms with Gasteiger partial charge >= 0.3 is 6.09 Å².